The van der Waals surface area contributed by atoms with Gasteiger partial charge in [-0.05, 0) is 49.4 Å². The zero-order valence-electron chi connectivity index (χ0n) is 11.5. The summed E-state index contributed by atoms with van der Waals surface area (Å²) in [6.45, 7) is 2.60. The zero-order valence-corrected chi connectivity index (χ0v) is 12.2. The molecular formula is C15H20ClNO2. The van der Waals surface area contributed by atoms with Gasteiger partial charge in [-0.3, -0.25) is 4.79 Å². The highest BCUT2D eigenvalue weighted by atomic mass is 35.5. The number of carbonyl (C=O) groups is 1. The fourth-order valence-electron chi connectivity index (χ4n) is 2.41. The van der Waals surface area contributed by atoms with E-state index in [4.69, 9.17) is 16.3 Å². The van der Waals surface area contributed by atoms with Crippen LogP contribution in [0.3, 0.4) is 0 Å². The molecule has 0 aliphatic heterocycles. The highest BCUT2D eigenvalue weighted by molar-refractivity contribution is 6.30. The number of benzene rings is 1. The summed E-state index contributed by atoms with van der Waals surface area (Å²) in [5, 5.41) is 3.69. The fraction of sp³-hybridized carbons (Fsp3) is 0.533. The van der Waals surface area contributed by atoms with Gasteiger partial charge >= 0.3 is 0 Å². The molecule has 0 spiro atoms. The van der Waals surface area contributed by atoms with E-state index in [9.17, 15) is 4.79 Å². The second-order valence-corrected chi connectivity index (χ2v) is 5.52. The quantitative estimate of drug-likeness (QED) is 0.901. The van der Waals surface area contributed by atoms with E-state index in [-0.39, 0.29) is 11.8 Å². The number of amides is 1. The van der Waals surface area contributed by atoms with Crippen LogP contribution in [0.25, 0.3) is 0 Å². The largest absolute Gasteiger partial charge is 0.496 e. The number of rotatable bonds is 5. The van der Waals surface area contributed by atoms with Gasteiger partial charge in [0.05, 0.1) is 7.11 Å². The van der Waals surface area contributed by atoms with Gasteiger partial charge in [-0.2, -0.15) is 0 Å². The third-order valence-electron chi connectivity index (χ3n) is 3.69. The lowest BCUT2D eigenvalue weighted by Gasteiger charge is -2.24. The maximum absolute atomic E-state index is 11.7. The van der Waals surface area contributed by atoms with E-state index >= 15 is 0 Å². The van der Waals surface area contributed by atoms with Crippen molar-refractivity contribution in [1.29, 1.82) is 0 Å². The molecule has 2 rings (SSSR count). The molecule has 3 nitrogen and oxygen atoms in total. The molecule has 4 heteroatoms. The summed E-state index contributed by atoms with van der Waals surface area (Å²) < 4.78 is 5.40. The van der Waals surface area contributed by atoms with Gasteiger partial charge in [0, 0.05) is 17.5 Å². The van der Waals surface area contributed by atoms with Crippen molar-refractivity contribution in [3.63, 3.8) is 0 Å². The Hall–Kier alpha value is -1.22. The number of halogens is 1. The van der Waals surface area contributed by atoms with Gasteiger partial charge in [0.25, 0.3) is 0 Å². The van der Waals surface area contributed by atoms with Gasteiger partial charge in [-0.15, -0.1) is 0 Å². The Labute approximate surface area is 119 Å². The highest BCUT2D eigenvalue weighted by Gasteiger charge is 2.24. The van der Waals surface area contributed by atoms with Crippen molar-refractivity contribution in [2.45, 2.75) is 32.6 Å². The minimum atomic E-state index is 0.184. The molecule has 1 aliphatic rings. The van der Waals surface area contributed by atoms with Gasteiger partial charge < -0.3 is 10.1 Å². The maximum Gasteiger partial charge on any atom is 0.223 e. The van der Waals surface area contributed by atoms with Gasteiger partial charge in [-0.25, -0.2) is 0 Å². The summed E-state index contributed by atoms with van der Waals surface area (Å²) in [6, 6.07) is 3.79. The Kier molecular flexibility index (Phi) is 4.70. The van der Waals surface area contributed by atoms with Gasteiger partial charge in [0.15, 0.2) is 0 Å². The van der Waals surface area contributed by atoms with Crippen LogP contribution in [-0.2, 0) is 11.2 Å². The van der Waals surface area contributed by atoms with Crippen LogP contribution in [0.1, 0.15) is 30.4 Å². The first kappa shape index (κ1) is 14.2. The van der Waals surface area contributed by atoms with E-state index in [1.165, 1.54) is 6.42 Å². The van der Waals surface area contributed by atoms with Crippen molar-refractivity contribution >= 4 is 17.5 Å². The Balaban J connectivity index is 1.93. The number of nitrogens with one attached hydrogen (secondary N) is 1. The average Bonchev–Trinajstić information content (AvgIpc) is 2.26. The van der Waals surface area contributed by atoms with E-state index in [1.807, 2.05) is 19.1 Å². The number of hydrogen-bond donors (Lipinski definition) is 1. The first-order valence-corrected chi connectivity index (χ1v) is 7.10. The SMILES string of the molecule is COc1c(C)cc(Cl)cc1CCNC(=O)C1CCC1. The predicted octanol–water partition coefficient (Wildman–Crippen LogP) is 3.12. The Bertz CT molecular complexity index is 469. The van der Waals surface area contributed by atoms with Crippen molar-refractivity contribution in [1.82, 2.24) is 5.32 Å². The molecule has 19 heavy (non-hydrogen) atoms. The second kappa shape index (κ2) is 6.29. The zero-order chi connectivity index (χ0) is 13.8. The van der Waals surface area contributed by atoms with Crippen LogP contribution in [0, 0.1) is 12.8 Å². The van der Waals surface area contributed by atoms with E-state index in [2.05, 4.69) is 5.32 Å². The third kappa shape index (κ3) is 3.41. The number of aryl methyl sites for hydroxylation is 1. The third-order valence-corrected chi connectivity index (χ3v) is 3.91. The summed E-state index contributed by atoms with van der Waals surface area (Å²) in [7, 11) is 1.66. The minimum absolute atomic E-state index is 0.184. The van der Waals surface area contributed by atoms with E-state index in [0.717, 1.165) is 36.1 Å². The predicted molar refractivity (Wildman–Crippen MR) is 76.8 cm³/mol. The first-order valence-electron chi connectivity index (χ1n) is 6.72. The summed E-state index contributed by atoms with van der Waals surface area (Å²) in [4.78, 5) is 11.7. The number of hydrogen-bond acceptors (Lipinski definition) is 2. The van der Waals surface area contributed by atoms with Crippen LogP contribution in [-0.4, -0.2) is 19.6 Å². The molecule has 1 aliphatic carbocycles. The molecule has 0 atom stereocenters. The van der Waals surface area contributed by atoms with Crippen molar-refractivity contribution in [3.8, 4) is 5.75 Å². The number of ether oxygens (including phenoxy) is 1. The van der Waals surface area contributed by atoms with Crippen LogP contribution < -0.4 is 10.1 Å². The molecule has 1 saturated carbocycles. The topological polar surface area (TPSA) is 38.3 Å². The van der Waals surface area contributed by atoms with Crippen LogP contribution in [0.15, 0.2) is 12.1 Å². The molecule has 1 amide bonds. The first-order chi connectivity index (χ1) is 9.11. The summed E-state index contributed by atoms with van der Waals surface area (Å²) in [6.07, 6.45) is 3.99. The standard InChI is InChI=1S/C15H20ClNO2/c1-10-8-13(16)9-12(14(10)19-2)6-7-17-15(18)11-4-3-5-11/h8-9,11H,3-7H2,1-2H3,(H,17,18). The van der Waals surface area contributed by atoms with Gasteiger partial charge in [0.1, 0.15) is 5.75 Å². The molecule has 0 bridgehead atoms. The molecule has 0 radical (unpaired) electrons. The molecule has 1 aromatic carbocycles. The van der Waals surface area contributed by atoms with Crippen LogP contribution in [0.4, 0.5) is 0 Å². The number of carbonyl (C=O) groups excluding carboxylic acids is 1. The van der Waals surface area contributed by atoms with E-state index in [1.54, 1.807) is 7.11 Å². The Morgan fingerprint density at radius 1 is 1.47 bits per heavy atom. The smallest absolute Gasteiger partial charge is 0.223 e. The van der Waals surface area contributed by atoms with Crippen LogP contribution in [0.2, 0.25) is 5.02 Å². The van der Waals surface area contributed by atoms with Crippen LogP contribution >= 0.6 is 11.6 Å². The monoisotopic (exact) mass is 281 g/mol. The van der Waals surface area contributed by atoms with E-state index < -0.39 is 0 Å². The van der Waals surface area contributed by atoms with Gasteiger partial charge in [-0.1, -0.05) is 18.0 Å². The van der Waals surface area contributed by atoms with E-state index in [0.29, 0.717) is 11.6 Å². The van der Waals surface area contributed by atoms with Crippen molar-refractivity contribution in [2.75, 3.05) is 13.7 Å². The minimum Gasteiger partial charge on any atom is -0.496 e. The molecule has 104 valence electrons. The molecule has 0 unspecified atom stereocenters. The Morgan fingerprint density at radius 2 is 2.21 bits per heavy atom. The average molecular weight is 282 g/mol. The van der Waals surface area contributed by atoms with Crippen molar-refractivity contribution < 1.29 is 9.53 Å². The number of methoxy groups -OCH3 is 1. The summed E-state index contributed by atoms with van der Waals surface area (Å²) >= 11 is 6.06. The second-order valence-electron chi connectivity index (χ2n) is 5.08. The summed E-state index contributed by atoms with van der Waals surface area (Å²) in [5.41, 5.74) is 2.07. The summed E-state index contributed by atoms with van der Waals surface area (Å²) in [5.74, 6) is 1.29. The highest BCUT2D eigenvalue weighted by Crippen LogP contribution is 2.28. The molecule has 0 heterocycles. The molecular weight excluding hydrogens is 262 g/mol. The molecule has 0 saturated heterocycles. The van der Waals surface area contributed by atoms with Crippen molar-refractivity contribution in [2.24, 2.45) is 5.92 Å². The Morgan fingerprint density at radius 3 is 2.79 bits per heavy atom. The maximum atomic E-state index is 11.7. The van der Waals surface area contributed by atoms with Crippen LogP contribution in [0.5, 0.6) is 5.75 Å². The molecule has 1 aromatic rings. The van der Waals surface area contributed by atoms with Gasteiger partial charge in [0.2, 0.25) is 5.91 Å². The fourth-order valence-corrected chi connectivity index (χ4v) is 2.71. The van der Waals surface area contributed by atoms with Crippen molar-refractivity contribution in [3.05, 3.63) is 28.3 Å². The molecule has 1 N–H and O–H groups in total. The lowest BCUT2D eigenvalue weighted by Crippen LogP contribution is -2.35. The normalized spacial score (nSPS) is 14.9. The lowest BCUT2D eigenvalue weighted by molar-refractivity contribution is -0.127. The molecule has 0 aromatic heterocycles. The lowest BCUT2D eigenvalue weighted by atomic mass is 9.85. The molecule has 1 fully saturated rings.